The number of aliphatic hydroxyl groups excluding tert-OH is 1. The van der Waals surface area contributed by atoms with Gasteiger partial charge in [-0.3, -0.25) is 0 Å². The van der Waals surface area contributed by atoms with Crippen molar-refractivity contribution >= 4 is 0 Å². The van der Waals surface area contributed by atoms with E-state index in [4.69, 9.17) is 0 Å². The van der Waals surface area contributed by atoms with E-state index >= 15 is 0 Å². The van der Waals surface area contributed by atoms with Gasteiger partial charge < -0.3 is 5.11 Å². The van der Waals surface area contributed by atoms with Crippen LogP contribution >= 0.6 is 0 Å². The molecule has 1 rings (SSSR count). The zero-order valence-electron chi connectivity index (χ0n) is 11.3. The Kier molecular flexibility index (Phi) is 5.13. The molecule has 1 aromatic carbocycles. The summed E-state index contributed by atoms with van der Waals surface area (Å²) in [5.41, 5.74) is 2.22. The maximum Gasteiger partial charge on any atom is 0.129 e. The van der Waals surface area contributed by atoms with E-state index in [1.807, 2.05) is 26.8 Å². The van der Waals surface area contributed by atoms with E-state index in [1.165, 1.54) is 6.07 Å². The summed E-state index contributed by atoms with van der Waals surface area (Å²) in [7, 11) is 0. The van der Waals surface area contributed by atoms with Gasteiger partial charge in [0.15, 0.2) is 0 Å². The Morgan fingerprint density at radius 3 is 2.47 bits per heavy atom. The number of hydrogen-bond donors (Lipinski definition) is 1. The van der Waals surface area contributed by atoms with Gasteiger partial charge >= 0.3 is 0 Å². The van der Waals surface area contributed by atoms with Crippen LogP contribution in [-0.2, 0) is 0 Å². The van der Waals surface area contributed by atoms with E-state index in [1.54, 1.807) is 0 Å². The molecule has 1 aromatic rings. The molecule has 0 fully saturated rings. The fraction of sp³-hybridized carbons (Fsp3) is 0.600. The fourth-order valence-electron chi connectivity index (χ4n) is 2.27. The molecule has 0 bridgehead atoms. The first-order valence-corrected chi connectivity index (χ1v) is 6.42. The van der Waals surface area contributed by atoms with Crippen LogP contribution < -0.4 is 0 Å². The third-order valence-corrected chi connectivity index (χ3v) is 3.33. The zero-order chi connectivity index (χ0) is 13.0. The van der Waals surface area contributed by atoms with Gasteiger partial charge in [-0.05, 0) is 43.4 Å². The van der Waals surface area contributed by atoms with Crippen LogP contribution in [0.1, 0.15) is 55.9 Å². The molecular weight excluding hydrogens is 215 g/mol. The molecule has 1 N–H and O–H groups in total. The summed E-state index contributed by atoms with van der Waals surface area (Å²) in [5, 5.41) is 10.2. The molecule has 0 aliphatic heterocycles. The van der Waals surface area contributed by atoms with Gasteiger partial charge in [-0.25, -0.2) is 4.39 Å². The summed E-state index contributed by atoms with van der Waals surface area (Å²) in [5.74, 6) is -0.177. The van der Waals surface area contributed by atoms with Crippen LogP contribution in [0.15, 0.2) is 12.1 Å². The zero-order valence-corrected chi connectivity index (χ0v) is 11.3. The molecule has 0 amide bonds. The number of benzene rings is 1. The molecule has 0 heterocycles. The minimum atomic E-state index is -0.692. The predicted octanol–water partition coefficient (Wildman–Crippen LogP) is 4.30. The fourth-order valence-corrected chi connectivity index (χ4v) is 2.27. The monoisotopic (exact) mass is 238 g/mol. The Hall–Kier alpha value is -0.890. The van der Waals surface area contributed by atoms with Crippen molar-refractivity contribution in [2.75, 3.05) is 0 Å². The molecule has 0 saturated heterocycles. The molecule has 96 valence electrons. The molecule has 0 aliphatic rings. The quantitative estimate of drug-likeness (QED) is 0.810. The number of aliphatic hydroxyl groups is 1. The second-order valence-electron chi connectivity index (χ2n) is 5.04. The van der Waals surface area contributed by atoms with Crippen molar-refractivity contribution in [3.63, 3.8) is 0 Å². The van der Waals surface area contributed by atoms with Crippen LogP contribution in [0.4, 0.5) is 4.39 Å². The summed E-state index contributed by atoms with van der Waals surface area (Å²) < 4.78 is 13.9. The molecule has 0 aromatic heterocycles. The summed E-state index contributed by atoms with van der Waals surface area (Å²) >= 11 is 0. The second kappa shape index (κ2) is 6.15. The minimum absolute atomic E-state index is 0.103. The average Bonchev–Trinajstić information content (AvgIpc) is 2.24. The highest BCUT2D eigenvalue weighted by Gasteiger charge is 2.21. The lowest BCUT2D eigenvalue weighted by Crippen LogP contribution is -2.13. The van der Waals surface area contributed by atoms with Crippen molar-refractivity contribution in [1.29, 1.82) is 0 Å². The molecule has 0 saturated carbocycles. The van der Waals surface area contributed by atoms with Crippen molar-refractivity contribution in [3.8, 4) is 0 Å². The lowest BCUT2D eigenvalue weighted by atomic mass is 9.89. The summed E-state index contributed by atoms with van der Waals surface area (Å²) in [6.45, 7) is 7.84. The maximum absolute atomic E-state index is 13.9. The normalized spacial score (nSPS) is 14.7. The highest BCUT2D eigenvalue weighted by atomic mass is 19.1. The van der Waals surface area contributed by atoms with Crippen molar-refractivity contribution in [1.82, 2.24) is 0 Å². The first kappa shape index (κ1) is 14.2. The predicted molar refractivity (Wildman–Crippen MR) is 69.5 cm³/mol. The number of rotatable bonds is 5. The number of aryl methyl sites for hydroxylation is 2. The molecule has 17 heavy (non-hydrogen) atoms. The van der Waals surface area contributed by atoms with Gasteiger partial charge in [0.05, 0.1) is 6.10 Å². The highest BCUT2D eigenvalue weighted by molar-refractivity contribution is 5.33. The Balaban J connectivity index is 2.91. The lowest BCUT2D eigenvalue weighted by Gasteiger charge is -2.21. The van der Waals surface area contributed by atoms with E-state index in [9.17, 15) is 9.50 Å². The molecule has 0 aliphatic carbocycles. The van der Waals surface area contributed by atoms with E-state index in [2.05, 4.69) is 6.92 Å². The molecule has 2 unspecified atom stereocenters. The van der Waals surface area contributed by atoms with Crippen molar-refractivity contribution < 1.29 is 9.50 Å². The second-order valence-corrected chi connectivity index (χ2v) is 5.04. The van der Waals surface area contributed by atoms with E-state index in [0.29, 0.717) is 5.56 Å². The van der Waals surface area contributed by atoms with Crippen LogP contribution in [0.3, 0.4) is 0 Å². The SMILES string of the molecule is CCCCC(C)C(O)c1c(C)cc(C)cc1F. The lowest BCUT2D eigenvalue weighted by molar-refractivity contribution is 0.107. The third kappa shape index (κ3) is 3.53. The van der Waals surface area contributed by atoms with Crippen molar-refractivity contribution in [3.05, 3.63) is 34.6 Å². The minimum Gasteiger partial charge on any atom is -0.388 e. The summed E-state index contributed by atoms with van der Waals surface area (Å²) in [6, 6.07) is 3.42. The highest BCUT2D eigenvalue weighted by Crippen LogP contribution is 2.30. The smallest absolute Gasteiger partial charge is 0.129 e. The van der Waals surface area contributed by atoms with Gasteiger partial charge in [0.25, 0.3) is 0 Å². The van der Waals surface area contributed by atoms with Crippen LogP contribution in [0.5, 0.6) is 0 Å². The number of halogens is 1. The molecule has 2 atom stereocenters. The molecule has 1 nitrogen and oxygen atoms in total. The van der Waals surface area contributed by atoms with Crippen LogP contribution in [0.2, 0.25) is 0 Å². The largest absolute Gasteiger partial charge is 0.388 e. The number of hydrogen-bond acceptors (Lipinski definition) is 1. The third-order valence-electron chi connectivity index (χ3n) is 3.33. The van der Waals surface area contributed by atoms with Crippen LogP contribution in [0.25, 0.3) is 0 Å². The Morgan fingerprint density at radius 2 is 1.94 bits per heavy atom. The van der Waals surface area contributed by atoms with Gasteiger partial charge in [0, 0.05) is 5.56 Å². The molecule has 2 heteroatoms. The first-order valence-electron chi connectivity index (χ1n) is 6.42. The van der Waals surface area contributed by atoms with Crippen molar-refractivity contribution in [2.24, 2.45) is 5.92 Å². The Morgan fingerprint density at radius 1 is 1.29 bits per heavy atom. The van der Waals surface area contributed by atoms with Crippen LogP contribution in [-0.4, -0.2) is 5.11 Å². The van der Waals surface area contributed by atoms with E-state index < -0.39 is 6.10 Å². The van der Waals surface area contributed by atoms with Gasteiger partial charge in [-0.1, -0.05) is 32.8 Å². The van der Waals surface area contributed by atoms with Gasteiger partial charge in [-0.2, -0.15) is 0 Å². The van der Waals surface area contributed by atoms with E-state index in [-0.39, 0.29) is 11.7 Å². The Labute approximate surface area is 104 Å². The molecular formula is C15H23FO. The number of unbranched alkanes of at least 4 members (excludes halogenated alkanes) is 1. The van der Waals surface area contributed by atoms with E-state index in [0.717, 1.165) is 30.4 Å². The summed E-state index contributed by atoms with van der Waals surface area (Å²) in [4.78, 5) is 0. The van der Waals surface area contributed by atoms with Gasteiger partial charge in [0.1, 0.15) is 5.82 Å². The topological polar surface area (TPSA) is 20.2 Å². The first-order chi connectivity index (χ1) is 7.97. The van der Waals surface area contributed by atoms with Gasteiger partial charge in [0.2, 0.25) is 0 Å². The standard InChI is InChI=1S/C15H23FO/c1-5-6-7-11(3)15(17)14-12(4)8-10(2)9-13(14)16/h8-9,11,15,17H,5-7H2,1-4H3. The Bertz CT molecular complexity index is 350. The average molecular weight is 238 g/mol. The van der Waals surface area contributed by atoms with Crippen molar-refractivity contribution in [2.45, 2.75) is 53.1 Å². The van der Waals surface area contributed by atoms with Gasteiger partial charge in [-0.15, -0.1) is 0 Å². The molecule has 0 spiro atoms. The van der Waals surface area contributed by atoms with Crippen LogP contribution in [0, 0.1) is 25.6 Å². The summed E-state index contributed by atoms with van der Waals surface area (Å²) in [6.07, 6.45) is 2.42. The molecule has 0 radical (unpaired) electrons. The maximum atomic E-state index is 13.9.